The molecule has 13 heteroatoms. The topological polar surface area (TPSA) is 165 Å². The molecule has 0 spiro atoms. The van der Waals surface area contributed by atoms with E-state index in [1.807, 2.05) is 0 Å². The maximum Gasteiger partial charge on any atom is 0.319 e. The third-order valence-corrected chi connectivity index (χ3v) is 6.51. The van der Waals surface area contributed by atoms with Gasteiger partial charge in [0.1, 0.15) is 0 Å². The molecule has 174 valence electrons. The fraction of sp³-hybridized carbons (Fsp3) is 0.400. The summed E-state index contributed by atoms with van der Waals surface area (Å²) >= 11 is 5.77. The van der Waals surface area contributed by atoms with Crippen LogP contribution in [-0.4, -0.2) is 39.4 Å². The smallest absolute Gasteiger partial charge is 0.319 e. The monoisotopic (exact) mass is 477 g/mol. The van der Waals surface area contributed by atoms with Crippen LogP contribution in [0.4, 0.5) is 26.4 Å². The Kier molecular flexibility index (Phi) is 6.27. The Labute approximate surface area is 192 Å². The van der Waals surface area contributed by atoms with Crippen molar-refractivity contribution < 1.29 is 18.9 Å². The van der Waals surface area contributed by atoms with Gasteiger partial charge < -0.3 is 21.7 Å². The molecule has 1 aromatic heterocycles. The highest BCUT2D eigenvalue weighted by molar-refractivity contribution is 6.28. The first-order chi connectivity index (χ1) is 15.7. The van der Waals surface area contributed by atoms with Crippen molar-refractivity contribution >= 4 is 40.7 Å². The number of nitrogens with zero attached hydrogens (tertiary/aromatic N) is 3. The van der Waals surface area contributed by atoms with Crippen LogP contribution < -0.4 is 21.7 Å². The second-order valence-corrected chi connectivity index (χ2v) is 8.57. The van der Waals surface area contributed by atoms with E-state index in [0.717, 1.165) is 6.20 Å². The van der Waals surface area contributed by atoms with Crippen LogP contribution in [0.5, 0.6) is 0 Å². The number of urea groups is 1. The quantitative estimate of drug-likeness (QED) is 0.270. The number of primary amides is 1. The zero-order chi connectivity index (χ0) is 23.7. The van der Waals surface area contributed by atoms with Crippen LogP contribution in [0, 0.1) is 39.6 Å². The zero-order valence-corrected chi connectivity index (χ0v) is 18.0. The number of rotatable bonds is 7. The fourth-order valence-corrected chi connectivity index (χ4v) is 5.17. The molecule has 5 N–H and O–H groups in total. The van der Waals surface area contributed by atoms with Crippen LogP contribution in [0.15, 0.2) is 30.5 Å². The Hall–Kier alpha value is -3.54. The Morgan fingerprint density at radius 1 is 1.33 bits per heavy atom. The average molecular weight is 478 g/mol. The predicted molar refractivity (Wildman–Crippen MR) is 117 cm³/mol. The summed E-state index contributed by atoms with van der Waals surface area (Å²) in [6.45, 7) is 0.304. The van der Waals surface area contributed by atoms with E-state index in [-0.39, 0.29) is 34.5 Å². The highest BCUT2D eigenvalue weighted by Crippen LogP contribution is 2.52. The van der Waals surface area contributed by atoms with E-state index in [9.17, 15) is 24.1 Å². The number of fused-ring (bicyclic) bond motifs is 2. The lowest BCUT2D eigenvalue weighted by Gasteiger charge is -2.35. The second kappa shape index (κ2) is 9.14. The van der Waals surface area contributed by atoms with E-state index in [1.165, 1.54) is 18.2 Å². The number of hydrogen-bond donors (Lipinski definition) is 4. The van der Waals surface area contributed by atoms with Gasteiger partial charge in [-0.15, -0.1) is 0 Å². The van der Waals surface area contributed by atoms with Gasteiger partial charge >= 0.3 is 6.03 Å². The third-order valence-electron chi connectivity index (χ3n) is 6.33. The summed E-state index contributed by atoms with van der Waals surface area (Å²) in [4.78, 5) is 42.2. The van der Waals surface area contributed by atoms with Gasteiger partial charge in [0.05, 0.1) is 17.0 Å². The molecule has 5 atom stereocenters. The van der Waals surface area contributed by atoms with Gasteiger partial charge in [0.15, 0.2) is 11.6 Å². The van der Waals surface area contributed by atoms with E-state index < -0.39 is 34.6 Å². The highest BCUT2D eigenvalue weighted by atomic mass is 35.5. The van der Waals surface area contributed by atoms with Crippen molar-refractivity contribution in [2.24, 2.45) is 29.4 Å². The summed E-state index contributed by atoms with van der Waals surface area (Å²) in [5.41, 5.74) is 5.78. The number of nitrogens with one attached hydrogen (secondary N) is 3. The number of hydrogen-bond acceptors (Lipinski definition) is 7. The summed E-state index contributed by atoms with van der Waals surface area (Å²) in [5, 5.41) is 19.1. The summed E-state index contributed by atoms with van der Waals surface area (Å²) in [5.74, 6) is -1.83. The van der Waals surface area contributed by atoms with E-state index >= 15 is 0 Å². The van der Waals surface area contributed by atoms with Gasteiger partial charge in [-0.3, -0.25) is 14.9 Å². The van der Waals surface area contributed by atoms with Crippen LogP contribution in [0.2, 0.25) is 5.28 Å². The molecule has 1 unspecified atom stereocenters. The second-order valence-electron chi connectivity index (χ2n) is 8.23. The molecule has 3 amide bonds. The van der Waals surface area contributed by atoms with Gasteiger partial charge in [0, 0.05) is 30.4 Å². The first-order valence-corrected chi connectivity index (χ1v) is 10.6. The van der Waals surface area contributed by atoms with Crippen molar-refractivity contribution in [3.63, 3.8) is 0 Å². The summed E-state index contributed by atoms with van der Waals surface area (Å²) in [6, 6.07) is 4.63. The standard InChI is InChI=1S/C20H21ClFN7O4/c21-19-24-8-14(22)18(28-19)27-16-13-5-9(15(16)17(23)30)4-10(13)7-25-20(31)26-11-2-1-3-12(6-11)29(32)33/h1-3,6,8-10,13,15-16H,4-5,7H2,(H2,23,30)(H,24,27,28)(H2,25,26,31)/t9-,10?,13-,15+,16-/m1/s1. The molecular formula is C20H21ClFN7O4. The van der Waals surface area contributed by atoms with Crippen LogP contribution in [0.3, 0.4) is 0 Å². The van der Waals surface area contributed by atoms with Crippen LogP contribution in [0.1, 0.15) is 12.8 Å². The number of aromatic nitrogens is 2. The van der Waals surface area contributed by atoms with Crippen LogP contribution in [-0.2, 0) is 4.79 Å². The molecular weight excluding hydrogens is 457 g/mol. The number of benzene rings is 1. The minimum Gasteiger partial charge on any atom is -0.369 e. The van der Waals surface area contributed by atoms with E-state index in [1.54, 1.807) is 6.07 Å². The first-order valence-electron chi connectivity index (χ1n) is 10.3. The number of carbonyl (C=O) groups is 2. The Morgan fingerprint density at radius 3 is 2.85 bits per heavy atom. The van der Waals surface area contributed by atoms with E-state index in [4.69, 9.17) is 17.3 Å². The number of non-ortho nitro benzene ring substituents is 1. The molecule has 1 heterocycles. The lowest BCUT2D eigenvalue weighted by Crippen LogP contribution is -2.47. The molecule has 33 heavy (non-hydrogen) atoms. The fourth-order valence-electron chi connectivity index (χ4n) is 5.04. The van der Waals surface area contributed by atoms with Crippen LogP contribution >= 0.6 is 11.6 Å². The van der Waals surface area contributed by atoms with E-state index in [0.29, 0.717) is 25.1 Å². The number of nitrogens with two attached hydrogens (primary N) is 1. The lowest BCUT2D eigenvalue weighted by atomic mass is 9.77. The Morgan fingerprint density at radius 2 is 2.12 bits per heavy atom. The zero-order valence-electron chi connectivity index (χ0n) is 17.2. The maximum atomic E-state index is 14.2. The number of carbonyl (C=O) groups excluding carboxylic acids is 2. The van der Waals surface area contributed by atoms with Gasteiger partial charge in [0.2, 0.25) is 11.2 Å². The van der Waals surface area contributed by atoms with Crippen molar-refractivity contribution in [1.29, 1.82) is 0 Å². The normalized spacial score (nSPS) is 25.5. The van der Waals surface area contributed by atoms with Gasteiger partial charge in [-0.2, -0.15) is 4.98 Å². The summed E-state index contributed by atoms with van der Waals surface area (Å²) in [7, 11) is 0. The van der Waals surface area contributed by atoms with Gasteiger partial charge in [0.25, 0.3) is 5.69 Å². The molecule has 2 aliphatic rings. The Bertz CT molecular complexity index is 1100. The molecule has 2 fully saturated rings. The number of anilines is 2. The molecule has 2 aliphatic carbocycles. The number of nitro groups is 1. The minimum absolute atomic E-state index is 0.00277. The molecule has 4 rings (SSSR count). The van der Waals surface area contributed by atoms with Gasteiger partial charge in [-0.05, 0) is 48.3 Å². The van der Waals surface area contributed by atoms with Crippen molar-refractivity contribution in [1.82, 2.24) is 15.3 Å². The molecule has 0 saturated heterocycles. The molecule has 1 aromatic carbocycles. The SMILES string of the molecule is NC(=O)[C@H]1[C@@H]2CC(CNC(=O)Nc3cccc([N+](=O)[O-])c3)[C@@H](C2)[C@H]1Nc1nc(Cl)ncc1F. The largest absolute Gasteiger partial charge is 0.369 e. The van der Waals surface area contributed by atoms with E-state index in [2.05, 4.69) is 25.9 Å². The molecule has 0 aliphatic heterocycles. The number of nitro benzene ring substituents is 1. The molecule has 11 nitrogen and oxygen atoms in total. The third kappa shape index (κ3) is 4.80. The molecule has 0 radical (unpaired) electrons. The number of halogens is 2. The lowest BCUT2D eigenvalue weighted by molar-refractivity contribution is -0.384. The highest BCUT2D eigenvalue weighted by Gasteiger charge is 2.54. The average Bonchev–Trinajstić information content (AvgIpc) is 3.33. The van der Waals surface area contributed by atoms with Crippen LogP contribution in [0.25, 0.3) is 0 Å². The summed E-state index contributed by atoms with van der Waals surface area (Å²) < 4.78 is 14.2. The first kappa shape index (κ1) is 22.6. The van der Waals surface area contributed by atoms with Gasteiger partial charge in [-0.1, -0.05) is 6.07 Å². The van der Waals surface area contributed by atoms with Gasteiger partial charge in [-0.25, -0.2) is 14.2 Å². The van der Waals surface area contributed by atoms with Crippen molar-refractivity contribution in [3.8, 4) is 0 Å². The summed E-state index contributed by atoms with van der Waals surface area (Å²) in [6.07, 6.45) is 2.33. The molecule has 2 bridgehead atoms. The predicted octanol–water partition coefficient (Wildman–Crippen LogP) is 2.54. The van der Waals surface area contributed by atoms with Crippen molar-refractivity contribution in [2.45, 2.75) is 18.9 Å². The minimum atomic E-state index is -0.698. The Balaban J connectivity index is 1.41. The maximum absolute atomic E-state index is 14.2. The number of amides is 3. The van der Waals surface area contributed by atoms with Crippen molar-refractivity contribution in [3.05, 3.63) is 51.7 Å². The van der Waals surface area contributed by atoms with Crippen molar-refractivity contribution in [2.75, 3.05) is 17.2 Å². The molecule has 2 aromatic rings. The molecule has 2 saturated carbocycles.